The maximum Gasteiger partial charge on any atom is 0.315 e. The number of aromatic nitrogens is 1. The van der Waals surface area contributed by atoms with Crippen LogP contribution in [-0.2, 0) is 0 Å². The highest BCUT2D eigenvalue weighted by Crippen LogP contribution is 2.38. The molecule has 1 heterocycles. The standard InChI is InChI=1S/C23H26N4O4S/c1-4-5-6-11-31-22-20(27(28)29)12-17(13-21(22)30-3)14-24-26-23-25-19(15-32-23)18-9-7-16(2)8-10-18/h7-10,12-15H,4-6,11H2,1-3H3,(H,25,26)/b24-14-. The zero-order valence-electron chi connectivity index (χ0n) is 18.3. The van der Waals surface area contributed by atoms with Gasteiger partial charge in [-0.25, -0.2) is 4.98 Å². The number of hydrogen-bond donors (Lipinski definition) is 1. The number of nitro groups is 1. The Morgan fingerprint density at radius 3 is 2.72 bits per heavy atom. The first kappa shape index (κ1) is 23.2. The summed E-state index contributed by atoms with van der Waals surface area (Å²) < 4.78 is 11.0. The molecule has 0 radical (unpaired) electrons. The monoisotopic (exact) mass is 454 g/mol. The normalized spacial score (nSPS) is 11.0. The molecule has 0 unspecified atom stereocenters. The molecule has 2 aromatic carbocycles. The van der Waals surface area contributed by atoms with Crippen LogP contribution in [0.5, 0.6) is 11.5 Å². The Morgan fingerprint density at radius 1 is 1.25 bits per heavy atom. The van der Waals surface area contributed by atoms with Crippen molar-refractivity contribution in [1.29, 1.82) is 0 Å². The Labute approximate surface area is 191 Å². The van der Waals surface area contributed by atoms with Gasteiger partial charge in [-0.1, -0.05) is 49.6 Å². The Kier molecular flexibility index (Phi) is 8.15. The fourth-order valence-corrected chi connectivity index (χ4v) is 3.65. The van der Waals surface area contributed by atoms with Crippen LogP contribution in [0.3, 0.4) is 0 Å². The summed E-state index contributed by atoms with van der Waals surface area (Å²) in [6.07, 6.45) is 4.34. The van der Waals surface area contributed by atoms with Gasteiger partial charge in [-0.2, -0.15) is 5.10 Å². The van der Waals surface area contributed by atoms with Gasteiger partial charge in [0.05, 0.1) is 30.5 Å². The van der Waals surface area contributed by atoms with Crippen LogP contribution in [-0.4, -0.2) is 29.8 Å². The number of benzene rings is 2. The van der Waals surface area contributed by atoms with Crippen molar-refractivity contribution in [3.05, 3.63) is 63.0 Å². The zero-order valence-corrected chi connectivity index (χ0v) is 19.1. The van der Waals surface area contributed by atoms with Crippen LogP contribution in [0.15, 0.2) is 46.9 Å². The van der Waals surface area contributed by atoms with Crippen molar-refractivity contribution in [3.8, 4) is 22.8 Å². The van der Waals surface area contributed by atoms with Gasteiger partial charge in [-0.3, -0.25) is 15.5 Å². The maximum absolute atomic E-state index is 11.6. The summed E-state index contributed by atoms with van der Waals surface area (Å²) in [5.41, 5.74) is 6.31. The van der Waals surface area contributed by atoms with Gasteiger partial charge in [-0.15, -0.1) is 11.3 Å². The fourth-order valence-electron chi connectivity index (χ4n) is 2.99. The molecule has 0 fully saturated rings. The topological polar surface area (TPSA) is 98.9 Å². The summed E-state index contributed by atoms with van der Waals surface area (Å²) >= 11 is 1.43. The number of hydrogen-bond acceptors (Lipinski definition) is 8. The lowest BCUT2D eigenvalue weighted by Crippen LogP contribution is -2.04. The molecule has 0 spiro atoms. The van der Waals surface area contributed by atoms with Crippen molar-refractivity contribution in [3.63, 3.8) is 0 Å². The summed E-state index contributed by atoms with van der Waals surface area (Å²) in [5.74, 6) is 0.439. The van der Waals surface area contributed by atoms with Crippen LogP contribution in [0.4, 0.5) is 10.8 Å². The highest BCUT2D eigenvalue weighted by Gasteiger charge is 2.22. The van der Waals surface area contributed by atoms with Gasteiger partial charge in [0.1, 0.15) is 0 Å². The highest BCUT2D eigenvalue weighted by atomic mass is 32.1. The second-order valence-electron chi connectivity index (χ2n) is 7.16. The van der Waals surface area contributed by atoms with Crippen molar-refractivity contribution in [2.24, 2.45) is 5.10 Å². The SMILES string of the molecule is CCCCCOc1c(OC)cc(/C=N\Nc2nc(-c3ccc(C)cc3)cs2)cc1[N+](=O)[O-]. The number of nitrogens with one attached hydrogen (secondary N) is 1. The van der Waals surface area contributed by atoms with Gasteiger partial charge in [-0.05, 0) is 19.4 Å². The van der Waals surface area contributed by atoms with Crippen LogP contribution in [0.1, 0.15) is 37.3 Å². The Bertz CT molecular complexity index is 1080. The van der Waals surface area contributed by atoms with E-state index in [1.807, 2.05) is 36.6 Å². The van der Waals surface area contributed by atoms with Gasteiger partial charge >= 0.3 is 5.69 Å². The molecule has 0 atom stereocenters. The number of methoxy groups -OCH3 is 1. The number of aryl methyl sites for hydroxylation is 1. The number of nitrogens with zero attached hydrogens (tertiary/aromatic N) is 3. The second-order valence-corrected chi connectivity index (χ2v) is 8.02. The van der Waals surface area contributed by atoms with Crippen LogP contribution in [0.25, 0.3) is 11.3 Å². The molecule has 1 aromatic heterocycles. The van der Waals surface area contributed by atoms with Crippen molar-refractivity contribution in [2.75, 3.05) is 19.1 Å². The molecule has 0 aliphatic carbocycles. The molecule has 3 rings (SSSR count). The van der Waals surface area contributed by atoms with Gasteiger partial charge in [0.25, 0.3) is 0 Å². The largest absolute Gasteiger partial charge is 0.493 e. The second kappa shape index (κ2) is 11.2. The highest BCUT2D eigenvalue weighted by molar-refractivity contribution is 7.14. The third kappa shape index (κ3) is 6.04. The molecule has 0 amide bonds. The molecule has 0 aliphatic heterocycles. The van der Waals surface area contributed by atoms with E-state index in [9.17, 15) is 10.1 Å². The number of unbranched alkanes of at least 4 members (excludes halogenated alkanes) is 2. The van der Waals surface area contributed by atoms with E-state index in [1.165, 1.54) is 36.3 Å². The first-order valence-electron chi connectivity index (χ1n) is 10.3. The molecule has 0 saturated carbocycles. The third-order valence-corrected chi connectivity index (χ3v) is 5.44. The molecule has 0 saturated heterocycles. The Balaban J connectivity index is 1.73. The lowest BCUT2D eigenvalue weighted by atomic mass is 10.1. The molecular formula is C23H26N4O4S. The Hall–Kier alpha value is -3.46. The average Bonchev–Trinajstić information content (AvgIpc) is 3.26. The van der Waals surface area contributed by atoms with E-state index in [4.69, 9.17) is 9.47 Å². The summed E-state index contributed by atoms with van der Waals surface area (Å²) in [6.45, 7) is 4.52. The van der Waals surface area contributed by atoms with Gasteiger partial charge in [0.15, 0.2) is 5.75 Å². The van der Waals surface area contributed by atoms with Gasteiger partial charge in [0, 0.05) is 22.6 Å². The van der Waals surface area contributed by atoms with Crippen LogP contribution < -0.4 is 14.9 Å². The average molecular weight is 455 g/mol. The number of rotatable bonds is 11. The summed E-state index contributed by atoms with van der Waals surface area (Å²) in [6, 6.07) is 11.2. The van der Waals surface area contributed by atoms with E-state index < -0.39 is 4.92 Å². The molecule has 32 heavy (non-hydrogen) atoms. The molecule has 0 aliphatic rings. The first-order valence-corrected chi connectivity index (χ1v) is 11.2. The van der Waals surface area contributed by atoms with E-state index >= 15 is 0 Å². The van der Waals surface area contributed by atoms with E-state index in [0.717, 1.165) is 30.5 Å². The molecule has 168 valence electrons. The Morgan fingerprint density at radius 2 is 2.03 bits per heavy atom. The quantitative estimate of drug-likeness (QED) is 0.164. The lowest BCUT2D eigenvalue weighted by molar-refractivity contribution is -0.386. The van der Waals surface area contributed by atoms with Crippen molar-refractivity contribution < 1.29 is 14.4 Å². The van der Waals surface area contributed by atoms with E-state index in [-0.39, 0.29) is 11.4 Å². The maximum atomic E-state index is 11.6. The molecule has 0 bridgehead atoms. The number of anilines is 1. The molecule has 3 aromatic rings. The zero-order chi connectivity index (χ0) is 22.9. The minimum absolute atomic E-state index is 0.140. The van der Waals surface area contributed by atoms with Crippen molar-refractivity contribution in [2.45, 2.75) is 33.1 Å². The van der Waals surface area contributed by atoms with Gasteiger partial charge < -0.3 is 9.47 Å². The van der Waals surface area contributed by atoms with Crippen LogP contribution >= 0.6 is 11.3 Å². The molecule has 1 N–H and O–H groups in total. The molecule has 8 nitrogen and oxygen atoms in total. The number of ether oxygens (including phenoxy) is 2. The smallest absolute Gasteiger partial charge is 0.315 e. The summed E-state index contributed by atoms with van der Waals surface area (Å²) in [4.78, 5) is 15.6. The predicted octanol–water partition coefficient (Wildman–Crippen LogP) is 6.05. The lowest BCUT2D eigenvalue weighted by Gasteiger charge is -2.11. The minimum atomic E-state index is -0.475. The van der Waals surface area contributed by atoms with E-state index in [2.05, 4.69) is 22.4 Å². The number of thiazole rings is 1. The van der Waals surface area contributed by atoms with Crippen molar-refractivity contribution in [1.82, 2.24) is 4.98 Å². The van der Waals surface area contributed by atoms with Gasteiger partial charge in [0.2, 0.25) is 10.9 Å². The summed E-state index contributed by atoms with van der Waals surface area (Å²) in [7, 11) is 1.46. The molecular weight excluding hydrogens is 428 g/mol. The van der Waals surface area contributed by atoms with E-state index in [1.54, 1.807) is 6.07 Å². The number of hydrazone groups is 1. The fraction of sp³-hybridized carbons (Fsp3) is 0.304. The van der Waals surface area contributed by atoms with Crippen molar-refractivity contribution >= 4 is 28.4 Å². The minimum Gasteiger partial charge on any atom is -0.493 e. The molecule has 9 heteroatoms. The van der Waals surface area contributed by atoms with Crippen LogP contribution in [0, 0.1) is 17.0 Å². The summed E-state index contributed by atoms with van der Waals surface area (Å²) in [5, 5.41) is 18.3. The number of nitro benzene ring substituents is 1. The predicted molar refractivity (Wildman–Crippen MR) is 128 cm³/mol. The first-order chi connectivity index (χ1) is 15.5. The van der Waals surface area contributed by atoms with E-state index in [0.29, 0.717) is 23.1 Å². The third-order valence-electron chi connectivity index (χ3n) is 4.69. The van der Waals surface area contributed by atoms with Crippen LogP contribution in [0.2, 0.25) is 0 Å².